The number of carbonyl (C=O) groups is 1. The average Bonchev–Trinajstić information content (AvgIpc) is 3.37. The van der Waals surface area contributed by atoms with Gasteiger partial charge in [0.15, 0.2) is 5.76 Å². The number of furan rings is 1. The van der Waals surface area contributed by atoms with E-state index in [9.17, 15) is 4.79 Å². The van der Waals surface area contributed by atoms with E-state index in [1.807, 2.05) is 37.3 Å². The van der Waals surface area contributed by atoms with Crippen LogP contribution in [0, 0.1) is 6.92 Å². The van der Waals surface area contributed by atoms with E-state index in [0.717, 1.165) is 34.9 Å². The summed E-state index contributed by atoms with van der Waals surface area (Å²) in [5.74, 6) is 2.11. The second-order valence-electron chi connectivity index (χ2n) is 7.53. The van der Waals surface area contributed by atoms with Crippen LogP contribution in [-0.2, 0) is 13.0 Å². The van der Waals surface area contributed by atoms with E-state index in [0.29, 0.717) is 30.3 Å². The standard InChI is InChI=1S/C24H20ClNO4/c1-15-11-20-19(13-26(14-29-20)9-8-16-4-6-17(25)7-5-16)24-22(15)23(27)21(30-24)12-18-3-2-10-28-18/h2-7,10-12H,8-9,13-14H2,1H3/b21-12+. The lowest BCUT2D eigenvalue weighted by Crippen LogP contribution is -2.33. The summed E-state index contributed by atoms with van der Waals surface area (Å²) in [5.41, 5.74) is 3.59. The van der Waals surface area contributed by atoms with E-state index in [-0.39, 0.29) is 11.5 Å². The van der Waals surface area contributed by atoms with Gasteiger partial charge in [-0.25, -0.2) is 0 Å². The van der Waals surface area contributed by atoms with Crippen LogP contribution in [0.25, 0.3) is 6.08 Å². The monoisotopic (exact) mass is 421 g/mol. The van der Waals surface area contributed by atoms with Crippen molar-refractivity contribution in [2.24, 2.45) is 0 Å². The molecule has 3 heterocycles. The molecule has 2 aromatic carbocycles. The quantitative estimate of drug-likeness (QED) is 0.538. The van der Waals surface area contributed by atoms with Crippen LogP contribution in [0.15, 0.2) is 58.9 Å². The average molecular weight is 422 g/mol. The van der Waals surface area contributed by atoms with Crippen molar-refractivity contribution < 1.29 is 18.7 Å². The molecule has 0 N–H and O–H groups in total. The van der Waals surface area contributed by atoms with Crippen LogP contribution in [0.4, 0.5) is 0 Å². The molecule has 0 atom stereocenters. The molecule has 0 fully saturated rings. The second kappa shape index (κ2) is 7.67. The predicted molar refractivity (Wildman–Crippen MR) is 114 cm³/mol. The molecule has 0 saturated heterocycles. The van der Waals surface area contributed by atoms with E-state index in [1.165, 1.54) is 5.56 Å². The second-order valence-corrected chi connectivity index (χ2v) is 7.97. The van der Waals surface area contributed by atoms with Crippen LogP contribution in [0.2, 0.25) is 5.02 Å². The first-order valence-corrected chi connectivity index (χ1v) is 10.2. The normalized spacial score (nSPS) is 16.9. The van der Waals surface area contributed by atoms with Crippen LogP contribution < -0.4 is 9.47 Å². The molecule has 2 aliphatic heterocycles. The molecule has 0 bridgehead atoms. The number of allylic oxidation sites excluding steroid dienone is 1. The molecular weight excluding hydrogens is 402 g/mol. The van der Waals surface area contributed by atoms with Gasteiger partial charge in [0.05, 0.1) is 17.4 Å². The Kier molecular flexibility index (Phi) is 4.85. The Bertz CT molecular complexity index is 1130. The minimum Gasteiger partial charge on any atom is -0.478 e. The van der Waals surface area contributed by atoms with E-state index >= 15 is 0 Å². The van der Waals surface area contributed by atoms with Gasteiger partial charge in [0.25, 0.3) is 0 Å². The van der Waals surface area contributed by atoms with Gasteiger partial charge in [-0.05, 0) is 54.8 Å². The van der Waals surface area contributed by atoms with Crippen molar-refractivity contribution in [3.05, 3.63) is 87.5 Å². The number of halogens is 1. The zero-order valence-electron chi connectivity index (χ0n) is 16.5. The van der Waals surface area contributed by atoms with Gasteiger partial charge < -0.3 is 13.9 Å². The van der Waals surface area contributed by atoms with Gasteiger partial charge in [-0.2, -0.15) is 0 Å². The van der Waals surface area contributed by atoms with Crippen LogP contribution in [0.3, 0.4) is 0 Å². The third-order valence-corrected chi connectivity index (χ3v) is 5.69. The summed E-state index contributed by atoms with van der Waals surface area (Å²) in [7, 11) is 0. The Morgan fingerprint density at radius 2 is 2.03 bits per heavy atom. The molecule has 5 rings (SSSR count). The molecule has 0 saturated carbocycles. The largest absolute Gasteiger partial charge is 0.478 e. The highest BCUT2D eigenvalue weighted by Crippen LogP contribution is 2.44. The number of benzene rings is 2. The molecule has 6 heteroatoms. The number of carbonyl (C=O) groups excluding carboxylic acids is 1. The van der Waals surface area contributed by atoms with Crippen LogP contribution >= 0.6 is 11.6 Å². The summed E-state index contributed by atoms with van der Waals surface area (Å²) in [4.78, 5) is 15.2. The minimum atomic E-state index is -0.125. The Balaban J connectivity index is 1.39. The molecule has 2 aliphatic rings. The summed E-state index contributed by atoms with van der Waals surface area (Å²) in [6.07, 6.45) is 4.09. The van der Waals surface area contributed by atoms with E-state index in [2.05, 4.69) is 4.90 Å². The zero-order valence-corrected chi connectivity index (χ0v) is 17.2. The molecule has 152 valence electrons. The first-order valence-electron chi connectivity index (χ1n) is 9.82. The summed E-state index contributed by atoms with van der Waals surface area (Å²) in [6, 6.07) is 13.4. The summed E-state index contributed by atoms with van der Waals surface area (Å²) in [6.45, 7) is 3.90. The molecule has 0 radical (unpaired) electrons. The van der Waals surface area contributed by atoms with Gasteiger partial charge in [0.1, 0.15) is 24.0 Å². The van der Waals surface area contributed by atoms with Crippen LogP contribution in [-0.4, -0.2) is 24.0 Å². The smallest absolute Gasteiger partial charge is 0.232 e. The molecule has 0 aliphatic carbocycles. The van der Waals surface area contributed by atoms with E-state index < -0.39 is 0 Å². The number of Topliss-reactive ketones (excluding diaryl/α,β-unsaturated/α-hetero) is 1. The lowest BCUT2D eigenvalue weighted by atomic mass is 9.98. The Hall–Kier alpha value is -3.02. The van der Waals surface area contributed by atoms with Gasteiger partial charge in [0.2, 0.25) is 5.78 Å². The molecule has 30 heavy (non-hydrogen) atoms. The maximum Gasteiger partial charge on any atom is 0.232 e. The lowest BCUT2D eigenvalue weighted by molar-refractivity contribution is 0.0949. The SMILES string of the molecule is Cc1cc2c(c3c1C(=O)/C(=C\c1ccco1)O3)CN(CCc1ccc(Cl)cc1)CO2. The van der Waals surface area contributed by atoms with Crippen molar-refractivity contribution in [1.82, 2.24) is 4.90 Å². The fraction of sp³-hybridized carbons (Fsp3) is 0.208. The van der Waals surface area contributed by atoms with Gasteiger partial charge in [-0.1, -0.05) is 23.7 Å². The molecule has 3 aromatic rings. The fourth-order valence-corrected chi connectivity index (χ4v) is 3.99. The highest BCUT2D eigenvalue weighted by Gasteiger charge is 2.35. The highest BCUT2D eigenvalue weighted by molar-refractivity contribution is 6.30. The van der Waals surface area contributed by atoms with Gasteiger partial charge in [-0.15, -0.1) is 0 Å². The van der Waals surface area contributed by atoms with Crippen molar-refractivity contribution in [3.63, 3.8) is 0 Å². The Morgan fingerprint density at radius 1 is 1.20 bits per heavy atom. The van der Waals surface area contributed by atoms with Crippen molar-refractivity contribution in [3.8, 4) is 11.5 Å². The van der Waals surface area contributed by atoms with Crippen molar-refractivity contribution in [2.75, 3.05) is 13.3 Å². The first-order chi connectivity index (χ1) is 14.6. The van der Waals surface area contributed by atoms with Gasteiger partial charge in [-0.3, -0.25) is 9.69 Å². The van der Waals surface area contributed by atoms with Crippen molar-refractivity contribution in [1.29, 1.82) is 0 Å². The van der Waals surface area contributed by atoms with Crippen molar-refractivity contribution in [2.45, 2.75) is 19.9 Å². The lowest BCUT2D eigenvalue weighted by Gasteiger charge is -2.30. The fourth-order valence-electron chi connectivity index (χ4n) is 3.86. The van der Waals surface area contributed by atoms with E-state index in [4.69, 9.17) is 25.5 Å². The molecule has 0 amide bonds. The number of ether oxygens (including phenoxy) is 2. The summed E-state index contributed by atoms with van der Waals surface area (Å²) >= 11 is 5.97. The number of nitrogens with zero attached hydrogens (tertiary/aromatic N) is 1. The van der Waals surface area contributed by atoms with Crippen LogP contribution in [0.5, 0.6) is 11.5 Å². The third-order valence-electron chi connectivity index (χ3n) is 5.43. The maximum atomic E-state index is 12.9. The highest BCUT2D eigenvalue weighted by atomic mass is 35.5. The molecule has 0 spiro atoms. The molecule has 1 aromatic heterocycles. The van der Waals surface area contributed by atoms with E-state index in [1.54, 1.807) is 24.5 Å². The number of hydrogen-bond donors (Lipinski definition) is 0. The Labute approximate surface area is 179 Å². The first kappa shape index (κ1) is 19.0. The minimum absolute atomic E-state index is 0.125. The number of rotatable bonds is 4. The van der Waals surface area contributed by atoms with Crippen LogP contribution in [0.1, 0.15) is 32.8 Å². The summed E-state index contributed by atoms with van der Waals surface area (Å²) in [5, 5.41) is 0.736. The number of fused-ring (bicyclic) bond motifs is 3. The van der Waals surface area contributed by atoms with Gasteiger partial charge in [0, 0.05) is 24.2 Å². The molecular formula is C24H20ClNO4. The topological polar surface area (TPSA) is 51.9 Å². The third kappa shape index (κ3) is 3.51. The zero-order chi connectivity index (χ0) is 20.7. The maximum absolute atomic E-state index is 12.9. The number of ketones is 1. The van der Waals surface area contributed by atoms with Crippen molar-refractivity contribution >= 4 is 23.5 Å². The Morgan fingerprint density at radius 3 is 2.80 bits per heavy atom. The molecule has 0 unspecified atom stereocenters. The summed E-state index contributed by atoms with van der Waals surface area (Å²) < 4.78 is 17.4. The number of aryl methyl sites for hydroxylation is 1. The van der Waals surface area contributed by atoms with Gasteiger partial charge >= 0.3 is 0 Å². The number of hydrogen-bond acceptors (Lipinski definition) is 5. The predicted octanol–water partition coefficient (Wildman–Crippen LogP) is 5.25. The molecule has 5 nitrogen and oxygen atoms in total.